The molecule has 0 spiro atoms. The number of rotatable bonds is 7. The molecule has 0 aliphatic carbocycles. The molecule has 0 fully saturated rings. The van der Waals surface area contributed by atoms with Gasteiger partial charge in [-0.3, -0.25) is 14.7 Å². The Hall–Kier alpha value is -2.93. The SMILES string of the molecule is CCC(C)C(NC(=O)c1ccccc1)C(=O)Nc1cc(-c2cccs2)[nH]n1. The van der Waals surface area contributed by atoms with Crippen LogP contribution in [0.25, 0.3) is 10.6 Å². The highest BCUT2D eigenvalue weighted by atomic mass is 32.1. The Morgan fingerprint density at radius 2 is 1.96 bits per heavy atom. The zero-order valence-corrected chi connectivity index (χ0v) is 16.0. The molecule has 0 saturated carbocycles. The number of anilines is 1. The van der Waals surface area contributed by atoms with Crippen LogP contribution in [0.4, 0.5) is 5.82 Å². The number of H-pyrrole nitrogens is 1. The Morgan fingerprint density at radius 1 is 1.19 bits per heavy atom. The van der Waals surface area contributed by atoms with Crippen LogP contribution in [0.2, 0.25) is 0 Å². The topological polar surface area (TPSA) is 86.9 Å². The summed E-state index contributed by atoms with van der Waals surface area (Å²) in [5.74, 6) is -0.130. The van der Waals surface area contributed by atoms with Gasteiger partial charge in [0.1, 0.15) is 6.04 Å². The van der Waals surface area contributed by atoms with Crippen LogP contribution in [0.5, 0.6) is 0 Å². The number of nitrogens with zero attached hydrogens (tertiary/aromatic N) is 1. The van der Waals surface area contributed by atoms with E-state index < -0.39 is 6.04 Å². The summed E-state index contributed by atoms with van der Waals surface area (Å²) >= 11 is 1.59. The highest BCUT2D eigenvalue weighted by Crippen LogP contribution is 2.24. The maximum atomic E-state index is 12.8. The first-order chi connectivity index (χ1) is 13.1. The molecule has 2 unspecified atom stereocenters. The third-order valence-electron chi connectivity index (χ3n) is 4.43. The van der Waals surface area contributed by atoms with Crippen molar-refractivity contribution in [3.05, 3.63) is 59.5 Å². The molecule has 7 heteroatoms. The Morgan fingerprint density at radius 3 is 2.63 bits per heavy atom. The first-order valence-electron chi connectivity index (χ1n) is 8.84. The van der Waals surface area contributed by atoms with E-state index in [1.54, 1.807) is 41.7 Å². The number of carbonyl (C=O) groups excluding carboxylic acids is 2. The van der Waals surface area contributed by atoms with Crippen LogP contribution < -0.4 is 10.6 Å². The number of hydrogen-bond acceptors (Lipinski definition) is 4. The minimum absolute atomic E-state index is 0.0200. The fourth-order valence-corrected chi connectivity index (χ4v) is 3.36. The van der Waals surface area contributed by atoms with Crippen molar-refractivity contribution in [1.82, 2.24) is 15.5 Å². The van der Waals surface area contributed by atoms with Gasteiger partial charge in [0.2, 0.25) is 5.91 Å². The Labute approximate surface area is 162 Å². The van der Waals surface area contributed by atoms with Crippen molar-refractivity contribution in [2.75, 3.05) is 5.32 Å². The van der Waals surface area contributed by atoms with Crippen molar-refractivity contribution in [1.29, 1.82) is 0 Å². The smallest absolute Gasteiger partial charge is 0.251 e. The number of hydrogen-bond donors (Lipinski definition) is 3. The number of carbonyl (C=O) groups is 2. The van der Waals surface area contributed by atoms with Crippen molar-refractivity contribution < 1.29 is 9.59 Å². The van der Waals surface area contributed by atoms with Gasteiger partial charge in [-0.2, -0.15) is 5.10 Å². The van der Waals surface area contributed by atoms with Crippen LogP contribution in [-0.4, -0.2) is 28.1 Å². The highest BCUT2D eigenvalue weighted by molar-refractivity contribution is 7.13. The third-order valence-corrected chi connectivity index (χ3v) is 5.34. The first kappa shape index (κ1) is 18.8. The molecule has 0 radical (unpaired) electrons. The zero-order valence-electron chi connectivity index (χ0n) is 15.2. The third kappa shape index (κ3) is 4.62. The second-order valence-electron chi connectivity index (χ2n) is 6.34. The van der Waals surface area contributed by atoms with Crippen molar-refractivity contribution in [3.8, 4) is 10.6 Å². The molecular formula is C20H22N4O2S. The fourth-order valence-electron chi connectivity index (χ4n) is 2.66. The van der Waals surface area contributed by atoms with Gasteiger partial charge < -0.3 is 10.6 Å². The van der Waals surface area contributed by atoms with E-state index in [-0.39, 0.29) is 17.7 Å². The molecule has 2 heterocycles. The van der Waals surface area contributed by atoms with Crippen LogP contribution in [0.1, 0.15) is 30.6 Å². The van der Waals surface area contributed by atoms with Gasteiger partial charge in [0.15, 0.2) is 5.82 Å². The van der Waals surface area contributed by atoms with Crippen molar-refractivity contribution >= 4 is 29.0 Å². The minimum atomic E-state index is -0.649. The molecule has 140 valence electrons. The van der Waals surface area contributed by atoms with E-state index in [4.69, 9.17) is 0 Å². The van der Waals surface area contributed by atoms with Gasteiger partial charge in [-0.15, -0.1) is 11.3 Å². The standard InChI is InChI=1S/C20H22N4O2S/c1-3-13(2)18(22-19(25)14-8-5-4-6-9-14)20(26)21-17-12-15(23-24-17)16-10-7-11-27-16/h4-13,18H,3H2,1-2H3,(H,22,25)(H2,21,23,24,26). The van der Waals surface area contributed by atoms with Crippen LogP contribution in [0, 0.1) is 5.92 Å². The molecule has 27 heavy (non-hydrogen) atoms. The van der Waals surface area contributed by atoms with Gasteiger partial charge in [-0.05, 0) is 29.5 Å². The molecule has 0 aliphatic rings. The second kappa shape index (κ2) is 8.64. The van der Waals surface area contributed by atoms with Crippen LogP contribution >= 0.6 is 11.3 Å². The summed E-state index contributed by atoms with van der Waals surface area (Å²) in [4.78, 5) is 26.3. The normalized spacial score (nSPS) is 13.0. The van der Waals surface area contributed by atoms with E-state index in [1.807, 2.05) is 37.4 Å². The van der Waals surface area contributed by atoms with E-state index in [2.05, 4.69) is 20.8 Å². The summed E-state index contributed by atoms with van der Waals surface area (Å²) in [6.07, 6.45) is 0.758. The predicted molar refractivity (Wildman–Crippen MR) is 108 cm³/mol. The van der Waals surface area contributed by atoms with Gasteiger partial charge in [-0.1, -0.05) is 44.5 Å². The second-order valence-corrected chi connectivity index (χ2v) is 7.28. The number of nitrogens with one attached hydrogen (secondary N) is 3. The monoisotopic (exact) mass is 382 g/mol. The van der Waals surface area contributed by atoms with Crippen LogP contribution in [0.15, 0.2) is 53.9 Å². The Bertz CT molecular complexity index is 890. The van der Waals surface area contributed by atoms with Gasteiger partial charge in [-0.25, -0.2) is 0 Å². The predicted octanol–water partition coefficient (Wildman–Crippen LogP) is 3.92. The number of benzene rings is 1. The van der Waals surface area contributed by atoms with Gasteiger partial charge >= 0.3 is 0 Å². The largest absolute Gasteiger partial charge is 0.340 e. The lowest BCUT2D eigenvalue weighted by atomic mass is 9.98. The molecule has 6 nitrogen and oxygen atoms in total. The number of thiophene rings is 1. The summed E-state index contributed by atoms with van der Waals surface area (Å²) in [5, 5.41) is 14.7. The number of aromatic amines is 1. The molecule has 3 N–H and O–H groups in total. The lowest BCUT2D eigenvalue weighted by Gasteiger charge is -2.23. The summed E-state index contributed by atoms with van der Waals surface area (Å²) in [6, 6.07) is 14.0. The van der Waals surface area contributed by atoms with Crippen molar-refractivity contribution in [2.45, 2.75) is 26.3 Å². The zero-order chi connectivity index (χ0) is 19.2. The maximum absolute atomic E-state index is 12.8. The van der Waals surface area contributed by atoms with Crippen LogP contribution in [0.3, 0.4) is 0 Å². The van der Waals surface area contributed by atoms with E-state index in [9.17, 15) is 9.59 Å². The molecular weight excluding hydrogens is 360 g/mol. The molecule has 0 bridgehead atoms. The molecule has 3 rings (SSSR count). The molecule has 0 saturated heterocycles. The van der Waals surface area contributed by atoms with E-state index >= 15 is 0 Å². The molecule has 2 atom stereocenters. The molecule has 2 amide bonds. The Balaban J connectivity index is 1.71. The fraction of sp³-hybridized carbons (Fsp3) is 0.250. The molecule has 0 aliphatic heterocycles. The first-order valence-corrected chi connectivity index (χ1v) is 9.72. The minimum Gasteiger partial charge on any atom is -0.340 e. The Kier molecular flexibility index (Phi) is 6.03. The number of amides is 2. The van der Waals surface area contributed by atoms with Gasteiger partial charge in [0.05, 0.1) is 10.6 Å². The summed E-state index contributed by atoms with van der Waals surface area (Å²) in [5.41, 5.74) is 1.37. The average Bonchev–Trinajstić information content (AvgIpc) is 3.37. The molecule has 1 aromatic carbocycles. The molecule has 2 aromatic heterocycles. The van der Waals surface area contributed by atoms with Crippen LogP contribution in [-0.2, 0) is 4.79 Å². The molecule has 3 aromatic rings. The lowest BCUT2D eigenvalue weighted by molar-refractivity contribution is -0.119. The average molecular weight is 382 g/mol. The summed E-state index contributed by atoms with van der Waals surface area (Å²) in [6.45, 7) is 3.93. The highest BCUT2D eigenvalue weighted by Gasteiger charge is 2.27. The van der Waals surface area contributed by atoms with E-state index in [0.29, 0.717) is 11.4 Å². The maximum Gasteiger partial charge on any atom is 0.251 e. The summed E-state index contributed by atoms with van der Waals surface area (Å²) in [7, 11) is 0. The number of aromatic nitrogens is 2. The van der Waals surface area contributed by atoms with E-state index in [1.165, 1.54) is 0 Å². The van der Waals surface area contributed by atoms with Crippen molar-refractivity contribution in [2.24, 2.45) is 5.92 Å². The van der Waals surface area contributed by atoms with Gasteiger partial charge in [0, 0.05) is 11.6 Å². The van der Waals surface area contributed by atoms with E-state index in [0.717, 1.165) is 17.0 Å². The van der Waals surface area contributed by atoms with Crippen molar-refractivity contribution in [3.63, 3.8) is 0 Å². The van der Waals surface area contributed by atoms with Gasteiger partial charge in [0.25, 0.3) is 5.91 Å². The summed E-state index contributed by atoms with van der Waals surface area (Å²) < 4.78 is 0. The lowest BCUT2D eigenvalue weighted by Crippen LogP contribution is -2.47. The quantitative estimate of drug-likeness (QED) is 0.579.